The van der Waals surface area contributed by atoms with Gasteiger partial charge >= 0.3 is 0 Å². The molecule has 0 bridgehead atoms. The molecule has 9 heteroatoms. The highest BCUT2D eigenvalue weighted by Gasteiger charge is 2.20. The number of pyridine rings is 1. The zero-order chi connectivity index (χ0) is 22.9. The first-order chi connectivity index (χ1) is 16.0. The molecule has 1 atom stereocenters. The van der Waals surface area contributed by atoms with E-state index in [1.807, 2.05) is 32.0 Å². The first-order valence-corrected chi connectivity index (χ1v) is 11.2. The molecule has 168 valence electrons. The van der Waals surface area contributed by atoms with Gasteiger partial charge in [0.1, 0.15) is 11.5 Å². The predicted octanol–water partition coefficient (Wildman–Crippen LogP) is 3.17. The van der Waals surface area contributed by atoms with Gasteiger partial charge in [-0.2, -0.15) is 0 Å². The van der Waals surface area contributed by atoms with E-state index in [0.717, 1.165) is 28.9 Å². The maximum atomic E-state index is 13.7. The molecule has 33 heavy (non-hydrogen) atoms. The Morgan fingerprint density at radius 3 is 2.79 bits per heavy atom. The van der Waals surface area contributed by atoms with Gasteiger partial charge in [-0.05, 0) is 26.0 Å². The molecule has 1 fully saturated rings. The summed E-state index contributed by atoms with van der Waals surface area (Å²) in [7, 11) is 0. The van der Waals surface area contributed by atoms with Crippen LogP contribution < -0.4 is 10.9 Å². The van der Waals surface area contributed by atoms with Crippen molar-refractivity contribution in [2.45, 2.75) is 26.5 Å². The van der Waals surface area contributed by atoms with Crippen LogP contribution in [0.1, 0.15) is 11.5 Å². The van der Waals surface area contributed by atoms with E-state index in [9.17, 15) is 4.79 Å². The summed E-state index contributed by atoms with van der Waals surface area (Å²) in [4.78, 5) is 31.3. The topological polar surface area (TPSA) is 94.8 Å². The van der Waals surface area contributed by atoms with Gasteiger partial charge in [-0.1, -0.05) is 23.7 Å². The van der Waals surface area contributed by atoms with Crippen LogP contribution in [0, 0.1) is 13.8 Å². The molecule has 0 radical (unpaired) electrons. The molecule has 1 aromatic carbocycles. The quantitative estimate of drug-likeness (QED) is 0.497. The van der Waals surface area contributed by atoms with Crippen molar-refractivity contribution < 1.29 is 4.74 Å². The van der Waals surface area contributed by atoms with Crippen LogP contribution in [0.15, 0.2) is 47.7 Å². The Kier molecular flexibility index (Phi) is 5.88. The number of ether oxygens (including phenoxy) is 1. The molecule has 3 aromatic heterocycles. The van der Waals surface area contributed by atoms with Crippen molar-refractivity contribution in [2.75, 3.05) is 19.7 Å². The third kappa shape index (κ3) is 4.37. The average Bonchev–Trinajstić information content (AvgIpc) is 2.82. The lowest BCUT2D eigenvalue weighted by atomic mass is 10.0. The maximum Gasteiger partial charge on any atom is 0.260 e. The lowest BCUT2D eigenvalue weighted by molar-refractivity contribution is 0.0183. The summed E-state index contributed by atoms with van der Waals surface area (Å²) in [6.07, 6.45) is 5.01. The Hall–Kier alpha value is -3.20. The van der Waals surface area contributed by atoms with Crippen LogP contribution in [0.5, 0.6) is 0 Å². The van der Waals surface area contributed by atoms with Crippen LogP contribution >= 0.6 is 11.6 Å². The van der Waals surface area contributed by atoms with Gasteiger partial charge in [-0.3, -0.25) is 14.3 Å². The van der Waals surface area contributed by atoms with E-state index in [0.29, 0.717) is 47.3 Å². The van der Waals surface area contributed by atoms with Gasteiger partial charge in [-0.15, -0.1) is 0 Å². The second-order valence-corrected chi connectivity index (χ2v) is 8.51. The fraction of sp³-hybridized carbons (Fsp3) is 0.292. The molecule has 1 aliphatic heterocycles. The van der Waals surface area contributed by atoms with E-state index in [1.165, 1.54) is 0 Å². The molecule has 4 aromatic rings. The number of hydrogen-bond donors (Lipinski definition) is 1. The number of aryl methyl sites for hydroxylation is 2. The second-order valence-electron chi connectivity index (χ2n) is 8.11. The van der Waals surface area contributed by atoms with Crippen LogP contribution in [-0.4, -0.2) is 50.3 Å². The standard InChI is InChI=1S/C24H23ClN6O2/c1-14-9-27-12-22(29-14)16-3-4-19(21(25)8-16)20-7-17-10-28-15(2)30-23(17)31(24(20)32)13-18-11-26-5-6-33-18/h3-4,7-10,12,18,26H,5-6,11,13H2,1-2H3/t18-/m0/s1. The minimum absolute atomic E-state index is 0.122. The summed E-state index contributed by atoms with van der Waals surface area (Å²) in [5.41, 5.74) is 3.94. The number of fused-ring (bicyclic) bond motifs is 1. The molecule has 0 spiro atoms. The third-order valence-corrected chi connectivity index (χ3v) is 5.96. The molecule has 0 aliphatic carbocycles. The number of hydrogen-bond acceptors (Lipinski definition) is 7. The number of rotatable bonds is 4. The van der Waals surface area contributed by atoms with E-state index in [-0.39, 0.29) is 11.7 Å². The van der Waals surface area contributed by atoms with E-state index >= 15 is 0 Å². The summed E-state index contributed by atoms with van der Waals surface area (Å²) < 4.78 is 7.53. The predicted molar refractivity (Wildman–Crippen MR) is 127 cm³/mol. The SMILES string of the molecule is Cc1cncc(-c2ccc(-c3cc4cnc(C)nc4n(C[C@@H]4CNCCO4)c3=O)c(Cl)c2)n1. The van der Waals surface area contributed by atoms with Gasteiger partial charge in [0.05, 0.1) is 36.8 Å². The van der Waals surface area contributed by atoms with E-state index in [2.05, 4.69) is 25.3 Å². The van der Waals surface area contributed by atoms with Crippen molar-refractivity contribution in [3.8, 4) is 22.4 Å². The van der Waals surface area contributed by atoms with Gasteiger partial charge in [0.25, 0.3) is 5.56 Å². The number of nitrogens with zero attached hydrogens (tertiary/aromatic N) is 5. The Morgan fingerprint density at radius 1 is 1.15 bits per heavy atom. The molecular weight excluding hydrogens is 440 g/mol. The van der Waals surface area contributed by atoms with Crippen LogP contribution in [0.4, 0.5) is 0 Å². The fourth-order valence-electron chi connectivity index (χ4n) is 4.04. The maximum absolute atomic E-state index is 13.7. The molecule has 1 saturated heterocycles. The largest absolute Gasteiger partial charge is 0.374 e. The second kappa shape index (κ2) is 8.97. The molecule has 5 rings (SSSR count). The fourth-order valence-corrected chi connectivity index (χ4v) is 4.32. The summed E-state index contributed by atoms with van der Waals surface area (Å²) in [6, 6.07) is 7.37. The highest BCUT2D eigenvalue weighted by molar-refractivity contribution is 6.33. The lowest BCUT2D eigenvalue weighted by Crippen LogP contribution is -2.42. The minimum atomic E-state index is -0.167. The number of nitrogens with one attached hydrogen (secondary N) is 1. The Labute approximate surface area is 195 Å². The van der Waals surface area contributed by atoms with Crippen LogP contribution in [0.25, 0.3) is 33.4 Å². The van der Waals surface area contributed by atoms with Crippen LogP contribution in [-0.2, 0) is 11.3 Å². The van der Waals surface area contributed by atoms with Gasteiger partial charge in [0.2, 0.25) is 0 Å². The smallest absolute Gasteiger partial charge is 0.260 e. The van der Waals surface area contributed by atoms with E-state index in [1.54, 1.807) is 29.2 Å². The van der Waals surface area contributed by atoms with Crippen molar-refractivity contribution in [1.82, 2.24) is 29.8 Å². The molecule has 4 heterocycles. The van der Waals surface area contributed by atoms with E-state index in [4.69, 9.17) is 16.3 Å². The van der Waals surface area contributed by atoms with Gasteiger partial charge in [0.15, 0.2) is 0 Å². The number of benzene rings is 1. The van der Waals surface area contributed by atoms with Gasteiger partial charge in [-0.25, -0.2) is 15.0 Å². The number of aromatic nitrogens is 5. The highest BCUT2D eigenvalue weighted by Crippen LogP contribution is 2.31. The molecule has 0 amide bonds. The van der Waals surface area contributed by atoms with E-state index < -0.39 is 0 Å². The van der Waals surface area contributed by atoms with Crippen molar-refractivity contribution in [1.29, 1.82) is 0 Å². The van der Waals surface area contributed by atoms with Crippen molar-refractivity contribution in [3.05, 3.63) is 69.8 Å². The van der Waals surface area contributed by atoms with Gasteiger partial charge in [0, 0.05) is 52.6 Å². The molecule has 1 N–H and O–H groups in total. The Bertz CT molecular complexity index is 1400. The first-order valence-electron chi connectivity index (χ1n) is 10.8. The van der Waals surface area contributed by atoms with Crippen LogP contribution in [0.3, 0.4) is 0 Å². The summed E-state index contributed by atoms with van der Waals surface area (Å²) in [5, 5.41) is 4.54. The molecule has 0 unspecified atom stereocenters. The normalized spacial score (nSPS) is 16.3. The molecule has 8 nitrogen and oxygen atoms in total. The molecule has 0 saturated carbocycles. The summed E-state index contributed by atoms with van der Waals surface area (Å²) in [6.45, 7) is 6.18. The van der Waals surface area contributed by atoms with Crippen molar-refractivity contribution in [3.63, 3.8) is 0 Å². The minimum Gasteiger partial charge on any atom is -0.374 e. The third-order valence-electron chi connectivity index (χ3n) is 5.65. The highest BCUT2D eigenvalue weighted by atomic mass is 35.5. The molecular formula is C24H23ClN6O2. The van der Waals surface area contributed by atoms with Crippen LogP contribution in [0.2, 0.25) is 5.02 Å². The number of halogens is 1. The monoisotopic (exact) mass is 462 g/mol. The zero-order valence-corrected chi connectivity index (χ0v) is 19.1. The lowest BCUT2D eigenvalue weighted by Gasteiger charge is -2.25. The average molecular weight is 463 g/mol. The summed E-state index contributed by atoms with van der Waals surface area (Å²) >= 11 is 6.68. The first kappa shape index (κ1) is 21.6. The summed E-state index contributed by atoms with van der Waals surface area (Å²) in [5.74, 6) is 0.604. The number of morpholine rings is 1. The zero-order valence-electron chi connectivity index (χ0n) is 18.4. The van der Waals surface area contributed by atoms with Crippen molar-refractivity contribution in [2.24, 2.45) is 0 Å². The van der Waals surface area contributed by atoms with Gasteiger partial charge < -0.3 is 10.1 Å². The molecule has 1 aliphatic rings. The Morgan fingerprint density at radius 2 is 2.03 bits per heavy atom. The Balaban J connectivity index is 1.63. The van der Waals surface area contributed by atoms with Crippen molar-refractivity contribution >= 4 is 22.6 Å².